The molecule has 0 aliphatic heterocycles. The molecule has 2 radical (unpaired) electrons. The van der Waals surface area contributed by atoms with Gasteiger partial charge in [0, 0.05) is 12.3 Å². The van der Waals surface area contributed by atoms with Gasteiger partial charge in [0.25, 0.3) is 0 Å². The number of carbonyl (C=O) groups excluding carboxylic acids is 1. The second-order valence-corrected chi connectivity index (χ2v) is 3.01. The average molecular weight is 212 g/mol. The highest BCUT2D eigenvalue weighted by molar-refractivity contribution is 7.10. The maximum atomic E-state index is 10.6. The molecule has 74 valence electrons. The topological polar surface area (TPSA) is 60.8 Å². The Morgan fingerprint density at radius 2 is 2.64 bits per heavy atom. The van der Waals surface area contributed by atoms with Gasteiger partial charge < -0.3 is 4.74 Å². The molecule has 0 spiro atoms. The van der Waals surface area contributed by atoms with Crippen molar-refractivity contribution < 1.29 is 14.4 Å². The molecule has 0 N–H and O–H groups in total. The summed E-state index contributed by atoms with van der Waals surface area (Å²) in [4.78, 5) is 18.8. The minimum absolute atomic E-state index is 0.248. The Hall–Kier alpha value is -1.43. The summed E-state index contributed by atoms with van der Waals surface area (Å²) in [5, 5.41) is 5.48. The zero-order valence-electron chi connectivity index (χ0n) is 7.47. The zero-order valence-corrected chi connectivity index (χ0v) is 8.28. The van der Waals surface area contributed by atoms with E-state index < -0.39 is 6.16 Å². The fourth-order valence-corrected chi connectivity index (χ4v) is 1.14. The minimum atomic E-state index is -0.841. The molecule has 5 nitrogen and oxygen atoms in total. The van der Waals surface area contributed by atoms with Crippen LogP contribution in [0.1, 0.15) is 17.6 Å². The van der Waals surface area contributed by atoms with Gasteiger partial charge in [0.15, 0.2) is 0 Å². The molecular formula is C8H8N2O3S. The number of hydrogen-bond donors (Lipinski definition) is 0. The van der Waals surface area contributed by atoms with E-state index in [4.69, 9.17) is 6.92 Å². The molecule has 0 bridgehead atoms. The first kappa shape index (κ1) is 10.6. The van der Waals surface area contributed by atoms with E-state index >= 15 is 0 Å². The largest absolute Gasteiger partial charge is 0.535 e. The molecule has 0 saturated heterocycles. The maximum absolute atomic E-state index is 10.6. The lowest BCUT2D eigenvalue weighted by Crippen LogP contribution is -2.02. The van der Waals surface area contributed by atoms with Gasteiger partial charge in [-0.2, -0.15) is 0 Å². The molecule has 1 aromatic rings. The second kappa shape index (κ2) is 5.33. The van der Waals surface area contributed by atoms with Crippen LogP contribution in [0.2, 0.25) is 0 Å². The van der Waals surface area contributed by atoms with E-state index in [1.54, 1.807) is 12.3 Å². The van der Waals surface area contributed by atoms with Gasteiger partial charge in [-0.1, -0.05) is 5.16 Å². The van der Waals surface area contributed by atoms with Gasteiger partial charge in [-0.25, -0.2) is 9.78 Å². The Morgan fingerprint density at radius 3 is 3.21 bits per heavy atom. The third-order valence-electron chi connectivity index (χ3n) is 1.11. The Kier molecular flexibility index (Phi) is 4.06. The van der Waals surface area contributed by atoms with Gasteiger partial charge in [-0.15, -0.1) is 11.3 Å². The van der Waals surface area contributed by atoms with Crippen LogP contribution in [-0.2, 0) is 9.57 Å². The Balaban J connectivity index is 2.37. The maximum Gasteiger partial charge on any atom is 0.535 e. The predicted molar refractivity (Wildman–Crippen MR) is 51.2 cm³/mol. The first-order chi connectivity index (χ1) is 6.72. The number of carbonyl (C=O) groups is 1. The van der Waals surface area contributed by atoms with Crippen LogP contribution in [-0.4, -0.2) is 24.0 Å². The molecular weight excluding hydrogens is 204 g/mol. The van der Waals surface area contributed by atoms with Gasteiger partial charge >= 0.3 is 6.16 Å². The normalized spacial score (nSPS) is 10.4. The number of rotatable bonds is 3. The Bertz CT molecular complexity index is 335. The second-order valence-electron chi connectivity index (χ2n) is 2.12. The van der Waals surface area contributed by atoms with Crippen LogP contribution < -0.4 is 0 Å². The summed E-state index contributed by atoms with van der Waals surface area (Å²) in [6, 6.07) is 0. The van der Waals surface area contributed by atoms with Crippen LogP contribution in [0.3, 0.4) is 0 Å². The van der Waals surface area contributed by atoms with Gasteiger partial charge in [0.05, 0.1) is 23.5 Å². The van der Waals surface area contributed by atoms with Crippen LogP contribution in [0, 0.1) is 6.92 Å². The summed E-state index contributed by atoms with van der Waals surface area (Å²) in [5.41, 5.74) is 0.539. The molecule has 0 atom stereocenters. The first-order valence-corrected chi connectivity index (χ1v) is 4.68. The molecule has 0 unspecified atom stereocenters. The highest BCUT2D eigenvalue weighted by atomic mass is 32.1. The molecule has 0 saturated carbocycles. The van der Waals surface area contributed by atoms with Gasteiger partial charge in [0.2, 0.25) is 0 Å². The average Bonchev–Trinajstić information content (AvgIpc) is 2.52. The van der Waals surface area contributed by atoms with Gasteiger partial charge in [0.1, 0.15) is 0 Å². The standard InChI is InChI=1S/C8H8N2O3S/c1-3-12-8(11)13-9-4-7-5-14-6(2)10-7/h2,4-5H,3H2,1H3/b9-4-. The van der Waals surface area contributed by atoms with E-state index in [0.29, 0.717) is 10.7 Å². The molecule has 1 aromatic heterocycles. The lowest BCUT2D eigenvalue weighted by molar-refractivity contribution is 0.0618. The van der Waals surface area contributed by atoms with Crippen LogP contribution >= 0.6 is 11.3 Å². The number of thiazole rings is 1. The summed E-state index contributed by atoms with van der Waals surface area (Å²) in [7, 11) is 0. The monoisotopic (exact) mass is 212 g/mol. The summed E-state index contributed by atoms with van der Waals surface area (Å²) >= 11 is 1.28. The predicted octanol–water partition coefficient (Wildman–Crippen LogP) is 1.71. The number of nitrogens with zero attached hydrogens (tertiary/aromatic N) is 2. The van der Waals surface area contributed by atoms with Crippen molar-refractivity contribution >= 4 is 23.7 Å². The summed E-state index contributed by atoms with van der Waals surface area (Å²) in [5.74, 6) is 0. The van der Waals surface area contributed by atoms with E-state index in [2.05, 4.69) is 19.7 Å². The molecule has 0 fully saturated rings. The van der Waals surface area contributed by atoms with Crippen molar-refractivity contribution in [3.05, 3.63) is 23.0 Å². The van der Waals surface area contributed by atoms with E-state index in [-0.39, 0.29) is 6.61 Å². The molecule has 1 rings (SSSR count). The van der Waals surface area contributed by atoms with Crippen molar-refractivity contribution in [3.63, 3.8) is 0 Å². The lowest BCUT2D eigenvalue weighted by Gasteiger charge is -1.95. The van der Waals surface area contributed by atoms with Crippen LogP contribution in [0.15, 0.2) is 10.5 Å². The van der Waals surface area contributed by atoms with Crippen molar-refractivity contribution in [2.24, 2.45) is 5.16 Å². The Labute approximate surface area is 85.4 Å². The van der Waals surface area contributed by atoms with Crippen LogP contribution in [0.4, 0.5) is 4.79 Å². The first-order valence-electron chi connectivity index (χ1n) is 3.80. The highest BCUT2D eigenvalue weighted by Crippen LogP contribution is 2.05. The molecule has 0 amide bonds. The fraction of sp³-hybridized carbons (Fsp3) is 0.250. The highest BCUT2D eigenvalue weighted by Gasteiger charge is 2.00. The number of aromatic nitrogens is 1. The van der Waals surface area contributed by atoms with E-state index in [0.717, 1.165) is 0 Å². The zero-order chi connectivity index (χ0) is 10.4. The van der Waals surface area contributed by atoms with Gasteiger partial charge in [-0.05, 0) is 6.92 Å². The SMILES string of the molecule is [CH]c1nc(/C=N\OC(=O)OCC)cs1. The quantitative estimate of drug-likeness (QED) is 0.331. The fourth-order valence-electron chi connectivity index (χ4n) is 0.628. The van der Waals surface area contributed by atoms with E-state index in [9.17, 15) is 4.79 Å². The third-order valence-corrected chi connectivity index (χ3v) is 1.81. The molecule has 0 aliphatic carbocycles. The number of oxime groups is 1. The molecule has 14 heavy (non-hydrogen) atoms. The van der Waals surface area contributed by atoms with E-state index in [1.165, 1.54) is 17.6 Å². The Morgan fingerprint density at radius 1 is 1.86 bits per heavy atom. The van der Waals surface area contributed by atoms with Crippen LogP contribution in [0.5, 0.6) is 0 Å². The molecule has 0 aliphatic rings. The van der Waals surface area contributed by atoms with Gasteiger partial charge in [-0.3, -0.25) is 4.84 Å². The molecule has 1 heterocycles. The summed E-state index contributed by atoms with van der Waals surface area (Å²) in [6.07, 6.45) is 0.441. The summed E-state index contributed by atoms with van der Waals surface area (Å²) in [6.45, 7) is 7.29. The summed E-state index contributed by atoms with van der Waals surface area (Å²) < 4.78 is 4.47. The van der Waals surface area contributed by atoms with Crippen molar-refractivity contribution in [2.45, 2.75) is 6.92 Å². The smallest absolute Gasteiger partial charge is 0.433 e. The van der Waals surface area contributed by atoms with Crippen molar-refractivity contribution in [1.82, 2.24) is 4.98 Å². The minimum Gasteiger partial charge on any atom is -0.433 e. The lowest BCUT2D eigenvalue weighted by atomic mass is 10.5. The molecule has 0 aromatic carbocycles. The van der Waals surface area contributed by atoms with Crippen molar-refractivity contribution in [1.29, 1.82) is 0 Å². The third kappa shape index (κ3) is 3.53. The van der Waals surface area contributed by atoms with Crippen LogP contribution in [0.25, 0.3) is 0 Å². The van der Waals surface area contributed by atoms with Crippen molar-refractivity contribution in [2.75, 3.05) is 6.61 Å². The van der Waals surface area contributed by atoms with E-state index in [1.807, 2.05) is 0 Å². The van der Waals surface area contributed by atoms with Crippen molar-refractivity contribution in [3.8, 4) is 0 Å². The molecule has 6 heteroatoms. The number of hydrogen-bond acceptors (Lipinski definition) is 6. The number of ether oxygens (including phenoxy) is 1.